The van der Waals surface area contributed by atoms with E-state index in [1.165, 1.54) is 6.07 Å². The average Bonchev–Trinajstić information content (AvgIpc) is 3.10. The Morgan fingerprint density at radius 3 is 3.27 bits per heavy atom. The molecule has 2 fully saturated rings. The number of hydrogen-bond donors (Lipinski definition) is 2. The van der Waals surface area contributed by atoms with Crippen LogP contribution in [0.3, 0.4) is 0 Å². The van der Waals surface area contributed by atoms with Crippen molar-refractivity contribution in [2.24, 2.45) is 0 Å². The quantitative estimate of drug-likeness (QED) is 0.859. The third-order valence-electron chi connectivity index (χ3n) is 4.30. The number of pyridine rings is 1. The van der Waals surface area contributed by atoms with E-state index in [0.717, 1.165) is 6.42 Å². The molecule has 22 heavy (non-hydrogen) atoms. The molecule has 6 nitrogen and oxygen atoms in total. The number of aromatic nitrogens is 1. The second-order valence-electron chi connectivity index (χ2n) is 5.91. The van der Waals surface area contributed by atoms with E-state index in [4.69, 9.17) is 9.84 Å². The summed E-state index contributed by atoms with van der Waals surface area (Å²) in [6, 6.07) is 2.90. The van der Waals surface area contributed by atoms with Crippen molar-refractivity contribution in [1.82, 2.24) is 9.88 Å². The number of anilines is 1. The van der Waals surface area contributed by atoms with E-state index in [-0.39, 0.29) is 42.2 Å². The molecule has 3 rings (SSSR count). The molecular formula is C15H20FN3O3. The molecular weight excluding hydrogens is 289 g/mol. The first-order valence-corrected chi connectivity index (χ1v) is 7.51. The predicted octanol–water partition coefficient (Wildman–Crippen LogP) is 0.775. The minimum atomic E-state index is -0.380. The monoisotopic (exact) mass is 309 g/mol. The summed E-state index contributed by atoms with van der Waals surface area (Å²) in [5, 5.41) is 11.9. The van der Waals surface area contributed by atoms with Gasteiger partial charge >= 0.3 is 0 Å². The van der Waals surface area contributed by atoms with Gasteiger partial charge in [-0.25, -0.2) is 9.37 Å². The van der Waals surface area contributed by atoms with Gasteiger partial charge in [0.05, 0.1) is 24.9 Å². The van der Waals surface area contributed by atoms with E-state index >= 15 is 0 Å². The minimum Gasteiger partial charge on any atom is -0.396 e. The number of ether oxygens (including phenoxy) is 1. The maximum absolute atomic E-state index is 13.6. The van der Waals surface area contributed by atoms with Crippen LogP contribution in [0.4, 0.5) is 10.2 Å². The maximum atomic E-state index is 13.6. The molecule has 2 N–H and O–H groups in total. The third-order valence-corrected chi connectivity index (χ3v) is 4.30. The van der Waals surface area contributed by atoms with E-state index in [1.807, 2.05) is 0 Å². The van der Waals surface area contributed by atoms with Crippen molar-refractivity contribution < 1.29 is 19.0 Å². The lowest BCUT2D eigenvalue weighted by Crippen LogP contribution is -2.36. The molecule has 1 aromatic heterocycles. The molecule has 2 saturated heterocycles. The maximum Gasteiger partial charge on any atom is 0.224 e. The van der Waals surface area contributed by atoms with Crippen molar-refractivity contribution >= 4 is 11.7 Å². The molecule has 0 aliphatic carbocycles. The summed E-state index contributed by atoms with van der Waals surface area (Å²) in [6.07, 6.45) is 3.18. The summed E-state index contributed by atoms with van der Waals surface area (Å²) in [7, 11) is 0. The second-order valence-corrected chi connectivity index (χ2v) is 5.91. The van der Waals surface area contributed by atoms with Crippen LogP contribution in [0, 0.1) is 5.82 Å². The van der Waals surface area contributed by atoms with Crippen LogP contribution in [0.25, 0.3) is 0 Å². The molecule has 1 aromatic rings. The minimum absolute atomic E-state index is 0.0164. The van der Waals surface area contributed by atoms with Crippen LogP contribution in [0.1, 0.15) is 19.3 Å². The van der Waals surface area contributed by atoms with Gasteiger partial charge in [-0.2, -0.15) is 0 Å². The van der Waals surface area contributed by atoms with Crippen molar-refractivity contribution in [3.8, 4) is 0 Å². The van der Waals surface area contributed by atoms with Gasteiger partial charge in [0.25, 0.3) is 0 Å². The standard InChI is InChI=1S/C15H20FN3O3/c16-12-2-1-5-17-14(12)18-11-8-15(22-9-11)4-6-19(10-15)13(21)3-7-20/h1-2,5,11,20H,3-4,6-10H2,(H,17,18)/t11-,15-/m1/s1. The number of aliphatic hydroxyl groups excluding tert-OH is 1. The highest BCUT2D eigenvalue weighted by Crippen LogP contribution is 2.36. The lowest BCUT2D eigenvalue weighted by molar-refractivity contribution is -0.131. The SMILES string of the molecule is O=C(CCO)N1CC[C@@]2(C[C@@H](Nc3ncccc3F)CO2)C1. The van der Waals surface area contributed by atoms with Crippen LogP contribution in [0.5, 0.6) is 0 Å². The molecule has 0 aromatic carbocycles. The molecule has 3 heterocycles. The second kappa shape index (κ2) is 6.18. The first kappa shape index (κ1) is 15.2. The van der Waals surface area contributed by atoms with Crippen LogP contribution in [0.15, 0.2) is 18.3 Å². The molecule has 7 heteroatoms. The van der Waals surface area contributed by atoms with Gasteiger partial charge in [-0.05, 0) is 18.6 Å². The summed E-state index contributed by atoms with van der Waals surface area (Å²) in [5.41, 5.74) is -0.353. The van der Waals surface area contributed by atoms with E-state index in [2.05, 4.69) is 10.3 Å². The number of rotatable bonds is 4. The molecule has 0 radical (unpaired) electrons. The van der Waals surface area contributed by atoms with Gasteiger partial charge in [0.1, 0.15) is 0 Å². The highest BCUT2D eigenvalue weighted by molar-refractivity contribution is 5.76. The Hall–Kier alpha value is -1.73. The molecule has 1 amide bonds. The zero-order valence-corrected chi connectivity index (χ0v) is 12.3. The van der Waals surface area contributed by atoms with Gasteiger partial charge in [0, 0.05) is 32.1 Å². The van der Waals surface area contributed by atoms with E-state index in [9.17, 15) is 9.18 Å². The Kier molecular flexibility index (Phi) is 4.26. The fraction of sp³-hybridized carbons (Fsp3) is 0.600. The summed E-state index contributed by atoms with van der Waals surface area (Å²) < 4.78 is 19.5. The van der Waals surface area contributed by atoms with Gasteiger partial charge < -0.3 is 20.1 Å². The number of nitrogens with one attached hydrogen (secondary N) is 1. The lowest BCUT2D eigenvalue weighted by Gasteiger charge is -2.23. The molecule has 2 aliphatic heterocycles. The van der Waals surface area contributed by atoms with Gasteiger partial charge in [-0.3, -0.25) is 4.79 Å². The van der Waals surface area contributed by atoms with Gasteiger partial charge in [0.15, 0.2) is 11.6 Å². The normalized spacial score (nSPS) is 27.5. The molecule has 0 saturated carbocycles. The molecule has 0 bridgehead atoms. The molecule has 2 aliphatic rings. The van der Waals surface area contributed by atoms with Crippen molar-refractivity contribution in [2.75, 3.05) is 31.6 Å². The summed E-state index contributed by atoms with van der Waals surface area (Å²) >= 11 is 0. The molecule has 120 valence electrons. The van der Waals surface area contributed by atoms with Crippen molar-refractivity contribution in [2.45, 2.75) is 30.9 Å². The average molecular weight is 309 g/mol. The van der Waals surface area contributed by atoms with Crippen molar-refractivity contribution in [1.29, 1.82) is 0 Å². The Morgan fingerprint density at radius 1 is 1.64 bits per heavy atom. The Morgan fingerprint density at radius 2 is 2.50 bits per heavy atom. The number of hydrogen-bond acceptors (Lipinski definition) is 5. The highest BCUT2D eigenvalue weighted by atomic mass is 19.1. The van der Waals surface area contributed by atoms with E-state index < -0.39 is 0 Å². The smallest absolute Gasteiger partial charge is 0.224 e. The van der Waals surface area contributed by atoms with E-state index in [1.54, 1.807) is 17.2 Å². The van der Waals surface area contributed by atoms with Crippen LogP contribution in [0.2, 0.25) is 0 Å². The predicted molar refractivity (Wildman–Crippen MR) is 77.8 cm³/mol. The first-order valence-electron chi connectivity index (χ1n) is 7.51. The number of carbonyl (C=O) groups is 1. The number of amides is 1. The van der Waals surface area contributed by atoms with Crippen LogP contribution in [-0.2, 0) is 9.53 Å². The third kappa shape index (κ3) is 3.05. The van der Waals surface area contributed by atoms with Crippen molar-refractivity contribution in [3.05, 3.63) is 24.1 Å². The fourth-order valence-electron chi connectivity index (χ4n) is 3.22. The van der Waals surface area contributed by atoms with Gasteiger partial charge in [-0.15, -0.1) is 0 Å². The zero-order valence-electron chi connectivity index (χ0n) is 12.3. The molecule has 1 spiro atoms. The largest absolute Gasteiger partial charge is 0.396 e. The van der Waals surface area contributed by atoms with Crippen LogP contribution >= 0.6 is 0 Å². The fourth-order valence-corrected chi connectivity index (χ4v) is 3.22. The Labute approximate surface area is 128 Å². The van der Waals surface area contributed by atoms with Crippen LogP contribution < -0.4 is 5.32 Å². The van der Waals surface area contributed by atoms with E-state index in [0.29, 0.717) is 26.1 Å². The van der Waals surface area contributed by atoms with Crippen molar-refractivity contribution in [3.63, 3.8) is 0 Å². The lowest BCUT2D eigenvalue weighted by atomic mass is 9.97. The molecule has 0 unspecified atom stereocenters. The topological polar surface area (TPSA) is 74.7 Å². The first-order chi connectivity index (χ1) is 10.6. The van der Waals surface area contributed by atoms with Gasteiger partial charge in [0.2, 0.25) is 5.91 Å². The van der Waals surface area contributed by atoms with Gasteiger partial charge in [-0.1, -0.05) is 0 Å². The number of halogens is 1. The number of nitrogens with zero attached hydrogens (tertiary/aromatic N) is 2. The Bertz CT molecular complexity index is 557. The number of likely N-dealkylation sites (tertiary alicyclic amines) is 1. The van der Waals surface area contributed by atoms with Crippen LogP contribution in [-0.4, -0.2) is 58.8 Å². The highest BCUT2D eigenvalue weighted by Gasteiger charge is 2.46. The Balaban J connectivity index is 1.59. The number of aliphatic hydroxyl groups is 1. The summed E-state index contributed by atoms with van der Waals surface area (Å²) in [4.78, 5) is 17.6. The zero-order chi connectivity index (χ0) is 15.6. The number of carbonyl (C=O) groups excluding carboxylic acids is 1. The summed E-state index contributed by atoms with van der Waals surface area (Å²) in [6.45, 7) is 1.52. The summed E-state index contributed by atoms with van der Waals surface area (Å²) in [5.74, 6) is -0.191. The molecule has 2 atom stereocenters.